The van der Waals surface area contributed by atoms with Gasteiger partial charge in [0.2, 0.25) is 11.9 Å². The van der Waals surface area contributed by atoms with E-state index in [-0.39, 0.29) is 39.7 Å². The van der Waals surface area contributed by atoms with E-state index in [1.807, 2.05) is 0 Å². The van der Waals surface area contributed by atoms with E-state index in [0.29, 0.717) is 18.7 Å². The number of anilines is 1. The van der Waals surface area contributed by atoms with Gasteiger partial charge in [-0.3, -0.25) is 24.5 Å². The molecular formula is C24H43N5O5Si2. The largest absolute Gasteiger partial charge is 0.414 e. The zero-order valence-electron chi connectivity index (χ0n) is 23.6. The molecule has 0 spiro atoms. The van der Waals surface area contributed by atoms with Crippen molar-refractivity contribution >= 4 is 39.7 Å². The van der Waals surface area contributed by atoms with Crippen LogP contribution in [0.3, 0.4) is 0 Å². The molecule has 0 aliphatic carbocycles. The van der Waals surface area contributed by atoms with Gasteiger partial charge in [-0.1, -0.05) is 41.5 Å². The van der Waals surface area contributed by atoms with Gasteiger partial charge >= 0.3 is 0 Å². The molecule has 3 heterocycles. The summed E-state index contributed by atoms with van der Waals surface area (Å²) in [5.74, 6) is -0.252. The SMILES string of the molecule is CC(=O)Nc1nc2c(ncn2[C@H]2C[C@@H](O[Si](C)(C)C(C)(C)C)[C@@H](CO[Si](C)(C)C(C)(C)C)O2)c(=O)[nH]1. The number of aromatic amines is 1. The Morgan fingerprint density at radius 3 is 2.33 bits per heavy atom. The Balaban J connectivity index is 1.94. The van der Waals surface area contributed by atoms with Crippen LogP contribution in [0.5, 0.6) is 0 Å². The summed E-state index contributed by atoms with van der Waals surface area (Å²) >= 11 is 0. The molecular weight excluding hydrogens is 494 g/mol. The molecule has 0 unspecified atom stereocenters. The lowest BCUT2D eigenvalue weighted by molar-refractivity contribution is -0.114. The van der Waals surface area contributed by atoms with Crippen molar-refractivity contribution in [2.24, 2.45) is 0 Å². The summed E-state index contributed by atoms with van der Waals surface area (Å²) in [5.41, 5.74) is 0.118. The number of H-pyrrole nitrogens is 1. The minimum absolute atomic E-state index is 0.0414. The van der Waals surface area contributed by atoms with Crippen molar-refractivity contribution < 1.29 is 18.4 Å². The first-order chi connectivity index (χ1) is 16.3. The van der Waals surface area contributed by atoms with Gasteiger partial charge in [0.05, 0.1) is 19.0 Å². The number of nitrogens with one attached hydrogen (secondary N) is 2. The summed E-state index contributed by atoms with van der Waals surface area (Å²) in [4.78, 5) is 35.3. The maximum atomic E-state index is 12.5. The van der Waals surface area contributed by atoms with E-state index in [1.165, 1.54) is 6.92 Å². The molecule has 0 aromatic carbocycles. The standard InChI is InChI=1S/C24H43N5O5Si2/c1-15(30)26-22-27-20-19(21(31)28-22)25-14-29(20)18-12-16(34-36(10,11)24(5,6)7)17(33-18)13-32-35(8,9)23(2,3)4/h14,16-18H,12-13H2,1-11H3,(H2,26,27,28,30,31)/t16-,17-,18-/m1/s1. The Labute approximate surface area is 215 Å². The highest BCUT2D eigenvalue weighted by molar-refractivity contribution is 6.74. The lowest BCUT2D eigenvalue weighted by atomic mass is 10.2. The topological polar surface area (TPSA) is 120 Å². The highest BCUT2D eigenvalue weighted by Crippen LogP contribution is 2.42. The van der Waals surface area contributed by atoms with Crippen molar-refractivity contribution in [1.82, 2.24) is 19.5 Å². The highest BCUT2D eigenvalue weighted by atomic mass is 28.4. The van der Waals surface area contributed by atoms with Gasteiger partial charge in [0, 0.05) is 13.3 Å². The minimum atomic E-state index is -2.09. The fraction of sp³-hybridized carbons (Fsp3) is 0.750. The second-order valence-corrected chi connectivity index (χ2v) is 22.3. The van der Waals surface area contributed by atoms with Crippen LogP contribution in [-0.4, -0.2) is 60.9 Å². The molecule has 2 aromatic rings. The number of carbonyl (C=O) groups excluding carboxylic acids is 1. The van der Waals surface area contributed by atoms with E-state index >= 15 is 0 Å². The third kappa shape index (κ3) is 5.99. The van der Waals surface area contributed by atoms with Gasteiger partial charge in [-0.25, -0.2) is 4.98 Å². The summed E-state index contributed by atoms with van der Waals surface area (Å²) in [5, 5.41) is 2.66. The maximum Gasteiger partial charge on any atom is 0.280 e. The molecule has 0 bridgehead atoms. The van der Waals surface area contributed by atoms with Crippen molar-refractivity contribution in [3.05, 3.63) is 16.7 Å². The maximum absolute atomic E-state index is 12.5. The number of imidazole rings is 1. The monoisotopic (exact) mass is 537 g/mol. The molecule has 0 radical (unpaired) electrons. The van der Waals surface area contributed by atoms with Crippen LogP contribution in [0, 0.1) is 0 Å². The molecule has 1 aliphatic heterocycles. The second-order valence-electron chi connectivity index (χ2n) is 12.8. The normalized spacial score (nSPS) is 21.8. The zero-order chi connectivity index (χ0) is 27.3. The number of carbonyl (C=O) groups is 1. The summed E-state index contributed by atoms with van der Waals surface area (Å²) < 4.78 is 21.7. The lowest BCUT2D eigenvalue weighted by Crippen LogP contribution is -2.48. The Morgan fingerprint density at radius 1 is 1.17 bits per heavy atom. The van der Waals surface area contributed by atoms with Crippen LogP contribution in [0.2, 0.25) is 36.3 Å². The Kier molecular flexibility index (Phi) is 7.80. The summed E-state index contributed by atoms with van der Waals surface area (Å²) in [6.07, 6.45) is 1.27. The van der Waals surface area contributed by atoms with Gasteiger partial charge in [0.1, 0.15) is 12.3 Å². The van der Waals surface area contributed by atoms with Crippen molar-refractivity contribution in [2.75, 3.05) is 11.9 Å². The van der Waals surface area contributed by atoms with Crippen molar-refractivity contribution in [2.45, 2.75) is 110 Å². The van der Waals surface area contributed by atoms with Gasteiger partial charge in [-0.2, -0.15) is 4.98 Å². The third-order valence-electron chi connectivity index (χ3n) is 7.88. The fourth-order valence-electron chi connectivity index (χ4n) is 3.57. The summed E-state index contributed by atoms with van der Waals surface area (Å²) in [6, 6.07) is 0. The number of hydrogen-bond acceptors (Lipinski definition) is 7. The number of amides is 1. The van der Waals surface area contributed by atoms with Gasteiger partial charge in [-0.15, -0.1) is 0 Å². The molecule has 3 atom stereocenters. The van der Waals surface area contributed by atoms with Gasteiger partial charge < -0.3 is 13.6 Å². The average molecular weight is 538 g/mol. The molecule has 3 rings (SSSR count). The van der Waals surface area contributed by atoms with E-state index in [0.717, 1.165) is 0 Å². The van der Waals surface area contributed by atoms with E-state index < -0.39 is 28.4 Å². The Morgan fingerprint density at radius 2 is 1.78 bits per heavy atom. The number of fused-ring (bicyclic) bond motifs is 1. The summed E-state index contributed by atoms with van der Waals surface area (Å²) in [6.45, 7) is 24.0. The number of hydrogen-bond donors (Lipinski definition) is 2. The number of nitrogens with zero attached hydrogens (tertiary/aromatic N) is 3. The molecule has 202 valence electrons. The molecule has 2 aromatic heterocycles. The Bertz CT molecular complexity index is 1160. The van der Waals surface area contributed by atoms with E-state index in [1.54, 1.807) is 10.9 Å². The Hall–Kier alpha value is -1.87. The third-order valence-corrected chi connectivity index (χ3v) is 16.9. The molecule has 2 N–H and O–H groups in total. The van der Waals surface area contributed by atoms with Crippen LogP contribution in [0.1, 0.15) is 61.1 Å². The van der Waals surface area contributed by atoms with E-state index in [9.17, 15) is 9.59 Å². The van der Waals surface area contributed by atoms with Crippen molar-refractivity contribution in [3.63, 3.8) is 0 Å². The number of rotatable bonds is 7. The van der Waals surface area contributed by atoms with Crippen LogP contribution in [-0.2, 0) is 18.4 Å². The van der Waals surface area contributed by atoms with Crippen LogP contribution < -0.4 is 10.9 Å². The number of ether oxygens (including phenoxy) is 1. The lowest BCUT2D eigenvalue weighted by Gasteiger charge is -2.40. The van der Waals surface area contributed by atoms with Gasteiger partial charge in [0.15, 0.2) is 27.8 Å². The molecule has 1 fully saturated rings. The summed E-state index contributed by atoms with van der Waals surface area (Å²) in [7, 11) is -4.10. The predicted molar refractivity (Wildman–Crippen MR) is 146 cm³/mol. The van der Waals surface area contributed by atoms with Crippen LogP contribution >= 0.6 is 0 Å². The molecule has 36 heavy (non-hydrogen) atoms. The first-order valence-corrected chi connectivity index (χ1v) is 18.4. The van der Waals surface area contributed by atoms with Gasteiger partial charge in [0.25, 0.3) is 5.56 Å². The molecule has 1 amide bonds. The molecule has 10 nitrogen and oxygen atoms in total. The average Bonchev–Trinajstić information content (AvgIpc) is 3.28. The molecule has 1 aliphatic rings. The zero-order valence-corrected chi connectivity index (χ0v) is 25.6. The van der Waals surface area contributed by atoms with Gasteiger partial charge in [-0.05, 0) is 36.3 Å². The smallest absolute Gasteiger partial charge is 0.280 e. The fourth-order valence-corrected chi connectivity index (χ4v) is 5.94. The first kappa shape index (κ1) is 28.7. The van der Waals surface area contributed by atoms with E-state index in [4.69, 9.17) is 13.6 Å². The van der Waals surface area contributed by atoms with Crippen molar-refractivity contribution in [1.29, 1.82) is 0 Å². The number of aromatic nitrogens is 4. The van der Waals surface area contributed by atoms with Crippen molar-refractivity contribution in [3.8, 4) is 0 Å². The molecule has 1 saturated heterocycles. The quantitative estimate of drug-likeness (QED) is 0.488. The van der Waals surface area contributed by atoms with E-state index in [2.05, 4.69) is 88.0 Å². The van der Waals surface area contributed by atoms with Crippen LogP contribution in [0.4, 0.5) is 5.95 Å². The predicted octanol–water partition coefficient (Wildman–Crippen LogP) is 4.78. The first-order valence-electron chi connectivity index (χ1n) is 12.5. The van der Waals surface area contributed by atoms with Crippen LogP contribution in [0.15, 0.2) is 11.1 Å². The highest BCUT2D eigenvalue weighted by Gasteiger charge is 2.46. The van der Waals surface area contributed by atoms with Crippen LogP contribution in [0.25, 0.3) is 11.2 Å². The molecule has 12 heteroatoms. The second kappa shape index (κ2) is 9.78. The minimum Gasteiger partial charge on any atom is -0.414 e. The molecule has 0 saturated carbocycles.